The number of rotatable bonds is 12. The monoisotopic (exact) mass is 600 g/mol. The van der Waals surface area contributed by atoms with E-state index in [1.165, 1.54) is 6.08 Å². The highest BCUT2D eigenvalue weighted by Crippen LogP contribution is 2.21. The summed E-state index contributed by atoms with van der Waals surface area (Å²) in [6.45, 7) is 7.51. The lowest BCUT2D eigenvalue weighted by molar-refractivity contribution is -0.143. The van der Waals surface area contributed by atoms with Crippen LogP contribution in [0, 0.1) is 6.92 Å². The van der Waals surface area contributed by atoms with Crippen LogP contribution in [0.2, 0.25) is 0 Å². The Kier molecular flexibility index (Phi) is 11.3. The number of aromatic nitrogens is 2. The molecule has 4 rings (SSSR count). The molecular weight excluding hydrogens is 556 g/mol. The zero-order valence-corrected chi connectivity index (χ0v) is 26.5. The Hall–Kier alpha value is -4.44. The van der Waals surface area contributed by atoms with Gasteiger partial charge in [-0.2, -0.15) is 5.10 Å². The van der Waals surface area contributed by atoms with Gasteiger partial charge in [-0.05, 0) is 42.3 Å². The molecule has 0 bridgehead atoms. The number of carbonyl (C=O) groups is 3. The molecule has 10 heteroatoms. The number of hydrogen-bond donors (Lipinski definition) is 0. The molecule has 3 aromatic rings. The number of benzene rings is 2. The molecule has 0 radical (unpaired) electrons. The van der Waals surface area contributed by atoms with Gasteiger partial charge < -0.3 is 24.3 Å². The van der Waals surface area contributed by atoms with Crippen molar-refractivity contribution in [3.8, 4) is 0 Å². The lowest BCUT2D eigenvalue weighted by atomic mass is 10.0. The van der Waals surface area contributed by atoms with Crippen molar-refractivity contribution >= 4 is 29.5 Å². The molecule has 1 aliphatic rings. The van der Waals surface area contributed by atoms with Crippen molar-refractivity contribution in [2.75, 3.05) is 58.4 Å². The molecule has 0 spiro atoms. The smallest absolute Gasteiger partial charge is 0.247 e. The van der Waals surface area contributed by atoms with Gasteiger partial charge in [-0.25, -0.2) is 0 Å². The van der Waals surface area contributed by atoms with Crippen LogP contribution in [0.1, 0.15) is 29.4 Å². The summed E-state index contributed by atoms with van der Waals surface area (Å²) in [6.07, 6.45) is 3.65. The van der Waals surface area contributed by atoms with E-state index in [9.17, 15) is 14.4 Å². The van der Waals surface area contributed by atoms with Crippen molar-refractivity contribution in [2.24, 2.45) is 7.05 Å². The predicted octanol–water partition coefficient (Wildman–Crippen LogP) is 3.16. The molecule has 0 aliphatic carbocycles. The van der Waals surface area contributed by atoms with Gasteiger partial charge in [0.1, 0.15) is 6.04 Å². The maximum atomic E-state index is 14.0. The van der Waals surface area contributed by atoms with Crippen molar-refractivity contribution < 1.29 is 19.1 Å². The first-order chi connectivity index (χ1) is 21.2. The molecule has 2 aromatic carbocycles. The van der Waals surface area contributed by atoms with Crippen LogP contribution in [0.15, 0.2) is 66.7 Å². The van der Waals surface area contributed by atoms with Gasteiger partial charge in [0.2, 0.25) is 17.7 Å². The first-order valence-electron chi connectivity index (χ1n) is 15.0. The Labute approximate surface area is 260 Å². The van der Waals surface area contributed by atoms with Gasteiger partial charge in [-0.1, -0.05) is 42.5 Å². The van der Waals surface area contributed by atoms with E-state index in [1.807, 2.05) is 67.4 Å². The number of carbonyl (C=O) groups excluding carboxylic acids is 3. The van der Waals surface area contributed by atoms with Crippen molar-refractivity contribution in [2.45, 2.75) is 32.9 Å². The number of hydrogen-bond acceptors (Lipinski definition) is 6. The van der Waals surface area contributed by atoms with Crippen LogP contribution in [0.4, 0.5) is 5.69 Å². The third kappa shape index (κ3) is 8.57. The second-order valence-electron chi connectivity index (χ2n) is 11.3. The number of anilines is 1. The van der Waals surface area contributed by atoms with E-state index >= 15 is 0 Å². The molecular formula is C34H44N6O4. The minimum absolute atomic E-state index is 0.102. The Balaban J connectivity index is 1.63. The lowest BCUT2D eigenvalue weighted by Crippen LogP contribution is -2.51. The highest BCUT2D eigenvalue weighted by molar-refractivity contribution is 5.95. The van der Waals surface area contributed by atoms with Crippen LogP contribution in [-0.4, -0.2) is 102 Å². The molecule has 2 heterocycles. The molecule has 1 fully saturated rings. The highest BCUT2D eigenvalue weighted by Gasteiger charge is 2.31. The van der Waals surface area contributed by atoms with E-state index in [2.05, 4.69) is 22.1 Å². The normalized spacial score (nSPS) is 14.1. The fourth-order valence-electron chi connectivity index (χ4n) is 5.43. The molecule has 234 valence electrons. The van der Waals surface area contributed by atoms with Crippen molar-refractivity contribution in [1.82, 2.24) is 24.5 Å². The number of ether oxygens (including phenoxy) is 1. The maximum absolute atomic E-state index is 14.0. The molecule has 1 aromatic heterocycles. The summed E-state index contributed by atoms with van der Waals surface area (Å²) in [7, 11) is 5.19. The Morgan fingerprint density at radius 3 is 2.27 bits per heavy atom. The zero-order valence-electron chi connectivity index (χ0n) is 26.5. The minimum Gasteiger partial charge on any atom is -0.383 e. The fourth-order valence-corrected chi connectivity index (χ4v) is 5.43. The third-order valence-corrected chi connectivity index (χ3v) is 8.04. The van der Waals surface area contributed by atoms with Crippen LogP contribution in [0.3, 0.4) is 0 Å². The largest absolute Gasteiger partial charge is 0.383 e. The average molecular weight is 601 g/mol. The second-order valence-corrected chi connectivity index (χ2v) is 11.3. The van der Waals surface area contributed by atoms with E-state index in [0.717, 1.165) is 41.3 Å². The van der Waals surface area contributed by atoms with Crippen LogP contribution in [-0.2, 0) is 39.1 Å². The van der Waals surface area contributed by atoms with Gasteiger partial charge >= 0.3 is 0 Å². The molecule has 3 amide bonds. The van der Waals surface area contributed by atoms with Gasteiger partial charge in [0, 0.05) is 85.6 Å². The zero-order chi connectivity index (χ0) is 31.6. The van der Waals surface area contributed by atoms with Crippen LogP contribution < -0.4 is 4.90 Å². The highest BCUT2D eigenvalue weighted by atomic mass is 16.5. The predicted molar refractivity (Wildman–Crippen MR) is 172 cm³/mol. The van der Waals surface area contributed by atoms with Gasteiger partial charge in [-0.3, -0.25) is 19.1 Å². The second kappa shape index (κ2) is 15.3. The number of piperazine rings is 1. The number of nitrogens with zero attached hydrogens (tertiary/aromatic N) is 6. The van der Waals surface area contributed by atoms with E-state index in [0.29, 0.717) is 32.7 Å². The summed E-state index contributed by atoms with van der Waals surface area (Å²) in [5.74, 6) is -0.309. The minimum atomic E-state index is -0.732. The summed E-state index contributed by atoms with van der Waals surface area (Å²) in [6, 6.07) is 19.1. The number of aryl methyl sites for hydroxylation is 2. The third-order valence-electron chi connectivity index (χ3n) is 8.04. The lowest BCUT2D eigenvalue weighted by Gasteiger charge is -2.36. The molecule has 1 aliphatic heterocycles. The summed E-state index contributed by atoms with van der Waals surface area (Å²) in [5, 5.41) is 4.38. The van der Waals surface area contributed by atoms with Gasteiger partial charge in [0.15, 0.2) is 0 Å². The SMILES string of the molecule is COCCN(C)C(=O)C(Cc1ccccc1)N(Cc1ccc(N2CCN(C(C)=O)CC2)cc1)C(=O)C=Cc1cc(C)nn1C. The number of amides is 3. The first kappa shape index (κ1) is 32.5. The van der Waals surface area contributed by atoms with Crippen LogP contribution in [0.5, 0.6) is 0 Å². The first-order valence-corrected chi connectivity index (χ1v) is 15.0. The summed E-state index contributed by atoms with van der Waals surface area (Å²) in [5.41, 5.74) is 4.61. The van der Waals surface area contributed by atoms with Crippen LogP contribution in [0.25, 0.3) is 6.08 Å². The van der Waals surface area contributed by atoms with Crippen LogP contribution >= 0.6 is 0 Å². The Morgan fingerprint density at radius 2 is 1.68 bits per heavy atom. The number of methoxy groups -OCH3 is 1. The average Bonchev–Trinajstić information content (AvgIpc) is 3.36. The standard InChI is InChI=1S/C34H44N6O4/c1-26-23-31(37(4)35-26)15-16-33(42)40(32(24-28-9-7-6-8-10-28)34(43)36(3)21-22-44-5)25-29-11-13-30(14-12-29)39-19-17-38(18-20-39)27(2)41/h6-16,23,32H,17-22,24-25H2,1-5H3. The molecule has 0 N–H and O–H groups in total. The van der Waals surface area contributed by atoms with E-state index < -0.39 is 6.04 Å². The topological polar surface area (TPSA) is 91.2 Å². The van der Waals surface area contributed by atoms with Crippen molar-refractivity contribution in [1.29, 1.82) is 0 Å². The molecule has 10 nitrogen and oxygen atoms in total. The molecule has 1 unspecified atom stereocenters. The van der Waals surface area contributed by atoms with Gasteiger partial charge in [-0.15, -0.1) is 0 Å². The Morgan fingerprint density at radius 1 is 1.00 bits per heavy atom. The molecule has 1 atom stereocenters. The summed E-state index contributed by atoms with van der Waals surface area (Å²) in [4.78, 5) is 47.1. The molecule has 44 heavy (non-hydrogen) atoms. The Bertz CT molecular complexity index is 1430. The maximum Gasteiger partial charge on any atom is 0.247 e. The van der Waals surface area contributed by atoms with Gasteiger partial charge in [0.25, 0.3) is 0 Å². The molecule has 1 saturated heterocycles. The quantitative estimate of drug-likeness (QED) is 0.297. The van der Waals surface area contributed by atoms with Crippen molar-refractivity contribution in [3.63, 3.8) is 0 Å². The van der Waals surface area contributed by atoms with Gasteiger partial charge in [0.05, 0.1) is 18.0 Å². The number of likely N-dealkylation sites (N-methyl/N-ethyl adjacent to an activating group) is 1. The van der Waals surface area contributed by atoms with E-state index in [-0.39, 0.29) is 24.3 Å². The molecule has 0 saturated carbocycles. The summed E-state index contributed by atoms with van der Waals surface area (Å²) >= 11 is 0. The fraction of sp³-hybridized carbons (Fsp3) is 0.412. The van der Waals surface area contributed by atoms with E-state index in [1.54, 1.807) is 41.6 Å². The van der Waals surface area contributed by atoms with Crippen molar-refractivity contribution in [3.05, 3.63) is 89.3 Å². The summed E-state index contributed by atoms with van der Waals surface area (Å²) < 4.78 is 6.95. The van der Waals surface area contributed by atoms with E-state index in [4.69, 9.17) is 4.74 Å².